The van der Waals surface area contributed by atoms with Crippen molar-refractivity contribution in [3.8, 4) is 11.5 Å². The Kier molecular flexibility index (Phi) is 10.9. The molecule has 0 saturated carbocycles. The van der Waals surface area contributed by atoms with Crippen LogP contribution in [-0.4, -0.2) is 64.2 Å². The lowest BCUT2D eigenvalue weighted by atomic mass is 10.1. The largest absolute Gasteiger partial charge is 0.497 e. The van der Waals surface area contributed by atoms with Crippen LogP contribution in [0.3, 0.4) is 0 Å². The number of halogens is 2. The number of anilines is 1. The lowest BCUT2D eigenvalue weighted by molar-refractivity contribution is -0.139. The molecule has 0 fully saturated rings. The quantitative estimate of drug-likeness (QED) is 0.409. The van der Waals surface area contributed by atoms with Crippen molar-refractivity contribution in [3.63, 3.8) is 0 Å². The molecule has 0 aromatic heterocycles. The Balaban J connectivity index is 2.48. The van der Waals surface area contributed by atoms with E-state index in [-0.39, 0.29) is 29.9 Å². The molecule has 0 bridgehead atoms. The molecule has 0 heterocycles. The van der Waals surface area contributed by atoms with Crippen LogP contribution in [-0.2, 0) is 26.2 Å². The highest BCUT2D eigenvalue weighted by Gasteiger charge is 2.31. The summed E-state index contributed by atoms with van der Waals surface area (Å²) in [7, 11) is -1.07. The molecule has 9 nitrogen and oxygen atoms in total. The third-order valence-electron chi connectivity index (χ3n) is 5.84. The molecule has 2 aromatic carbocycles. The first-order valence-electron chi connectivity index (χ1n) is 11.6. The van der Waals surface area contributed by atoms with Crippen LogP contribution in [0.2, 0.25) is 10.0 Å². The fourth-order valence-corrected chi connectivity index (χ4v) is 4.64. The van der Waals surface area contributed by atoms with Gasteiger partial charge in [-0.3, -0.25) is 13.9 Å². The molecule has 0 aliphatic carbocycles. The zero-order chi connectivity index (χ0) is 27.9. The molecular weight excluding hydrogens is 541 g/mol. The smallest absolute Gasteiger partial charge is 0.244 e. The van der Waals surface area contributed by atoms with Crippen molar-refractivity contribution >= 4 is 50.7 Å². The second-order valence-corrected chi connectivity index (χ2v) is 11.3. The maximum Gasteiger partial charge on any atom is 0.244 e. The lowest BCUT2D eigenvalue weighted by Crippen LogP contribution is -2.52. The average Bonchev–Trinajstić information content (AvgIpc) is 2.86. The number of rotatable bonds is 12. The van der Waals surface area contributed by atoms with Gasteiger partial charge in [-0.05, 0) is 50.1 Å². The number of benzene rings is 2. The summed E-state index contributed by atoms with van der Waals surface area (Å²) in [5.41, 5.74) is 0.782. The second kappa shape index (κ2) is 13.2. The molecular formula is C25H33Cl2N3O6S. The van der Waals surface area contributed by atoms with Crippen LogP contribution in [0.15, 0.2) is 36.4 Å². The fourth-order valence-electron chi connectivity index (χ4n) is 3.47. The van der Waals surface area contributed by atoms with Crippen molar-refractivity contribution in [2.24, 2.45) is 0 Å². The fraction of sp³-hybridized carbons (Fsp3) is 0.440. The van der Waals surface area contributed by atoms with Crippen LogP contribution in [0, 0.1) is 0 Å². The molecule has 0 spiro atoms. The van der Waals surface area contributed by atoms with Gasteiger partial charge in [-0.1, -0.05) is 36.2 Å². The predicted molar refractivity (Wildman–Crippen MR) is 146 cm³/mol. The molecule has 0 aliphatic heterocycles. The molecule has 0 radical (unpaired) electrons. The highest BCUT2D eigenvalue weighted by molar-refractivity contribution is 7.92. The summed E-state index contributed by atoms with van der Waals surface area (Å²) < 4.78 is 37.1. The van der Waals surface area contributed by atoms with Crippen LogP contribution < -0.4 is 19.1 Å². The molecule has 0 saturated heterocycles. The van der Waals surface area contributed by atoms with Crippen molar-refractivity contribution in [3.05, 3.63) is 52.0 Å². The summed E-state index contributed by atoms with van der Waals surface area (Å²) in [5, 5.41) is 3.51. The van der Waals surface area contributed by atoms with Crippen molar-refractivity contribution in [2.45, 2.75) is 45.8 Å². The maximum absolute atomic E-state index is 13.7. The maximum atomic E-state index is 13.7. The molecule has 204 valence electrons. The number of hydrogen-bond acceptors (Lipinski definition) is 6. The molecule has 2 rings (SSSR count). The van der Waals surface area contributed by atoms with Crippen molar-refractivity contribution in [1.29, 1.82) is 0 Å². The van der Waals surface area contributed by atoms with Gasteiger partial charge in [-0.2, -0.15) is 0 Å². The van der Waals surface area contributed by atoms with Crippen LogP contribution in [0.1, 0.15) is 32.8 Å². The molecule has 2 atom stereocenters. The summed E-state index contributed by atoms with van der Waals surface area (Å²) in [6.45, 7) is 4.81. The van der Waals surface area contributed by atoms with E-state index in [0.717, 1.165) is 10.6 Å². The minimum absolute atomic E-state index is 0.00215. The van der Waals surface area contributed by atoms with Crippen LogP contribution in [0.25, 0.3) is 0 Å². The summed E-state index contributed by atoms with van der Waals surface area (Å²) in [6.07, 6.45) is 1.70. The van der Waals surface area contributed by atoms with E-state index in [1.54, 1.807) is 31.2 Å². The topological polar surface area (TPSA) is 105 Å². The van der Waals surface area contributed by atoms with E-state index in [4.69, 9.17) is 32.7 Å². The van der Waals surface area contributed by atoms with E-state index < -0.39 is 28.5 Å². The summed E-state index contributed by atoms with van der Waals surface area (Å²) in [6, 6.07) is 8.46. The predicted octanol–water partition coefficient (Wildman–Crippen LogP) is 4.11. The number of amides is 2. The van der Waals surface area contributed by atoms with E-state index >= 15 is 0 Å². The Morgan fingerprint density at radius 1 is 1.03 bits per heavy atom. The molecule has 0 aliphatic rings. The van der Waals surface area contributed by atoms with Gasteiger partial charge in [0.05, 0.1) is 36.2 Å². The van der Waals surface area contributed by atoms with Gasteiger partial charge in [0.15, 0.2) is 0 Å². The highest BCUT2D eigenvalue weighted by atomic mass is 35.5. The number of hydrogen-bond donors (Lipinski definition) is 1. The monoisotopic (exact) mass is 573 g/mol. The Labute approximate surface area is 228 Å². The summed E-state index contributed by atoms with van der Waals surface area (Å²) in [4.78, 5) is 28.0. The third kappa shape index (κ3) is 8.15. The van der Waals surface area contributed by atoms with Gasteiger partial charge in [0.1, 0.15) is 24.1 Å². The van der Waals surface area contributed by atoms with Gasteiger partial charge in [0.25, 0.3) is 0 Å². The Morgan fingerprint density at radius 3 is 2.24 bits per heavy atom. The van der Waals surface area contributed by atoms with Gasteiger partial charge in [-0.25, -0.2) is 8.42 Å². The molecule has 2 amide bonds. The van der Waals surface area contributed by atoms with Gasteiger partial charge >= 0.3 is 0 Å². The number of ether oxygens (including phenoxy) is 2. The lowest BCUT2D eigenvalue weighted by Gasteiger charge is -2.32. The van der Waals surface area contributed by atoms with Gasteiger partial charge in [-0.15, -0.1) is 0 Å². The molecule has 37 heavy (non-hydrogen) atoms. The van der Waals surface area contributed by atoms with Crippen LogP contribution in [0.5, 0.6) is 11.5 Å². The second-order valence-electron chi connectivity index (χ2n) is 8.57. The van der Waals surface area contributed by atoms with E-state index in [1.807, 2.05) is 13.8 Å². The molecule has 12 heteroatoms. The van der Waals surface area contributed by atoms with E-state index in [1.165, 1.54) is 31.3 Å². The van der Waals surface area contributed by atoms with Gasteiger partial charge in [0, 0.05) is 18.7 Å². The standard InChI is InChI=1S/C25H33Cl2N3O6S/c1-7-16(2)28-25(32)17(3)29(14-18-8-10-20(26)21(27)12-18)24(31)15-30(37(6,33)34)22-11-9-19(35-4)13-23(22)36-5/h8-13,16-17H,7,14-15H2,1-6H3,(H,28,32)/t16-,17-/m1/s1. The summed E-state index contributed by atoms with van der Waals surface area (Å²) >= 11 is 12.2. The number of methoxy groups -OCH3 is 2. The van der Waals surface area contributed by atoms with E-state index in [0.29, 0.717) is 27.8 Å². The molecule has 0 unspecified atom stereocenters. The SMILES string of the molecule is CC[C@@H](C)NC(=O)[C@@H](C)N(Cc1ccc(Cl)c(Cl)c1)C(=O)CN(c1ccc(OC)cc1OC)S(C)(=O)=O. The zero-order valence-corrected chi connectivity index (χ0v) is 24.1. The molecule has 2 aromatic rings. The van der Waals surface area contributed by atoms with E-state index in [9.17, 15) is 18.0 Å². The first-order chi connectivity index (χ1) is 17.3. The number of carbonyl (C=O) groups is 2. The third-order valence-corrected chi connectivity index (χ3v) is 7.71. The normalized spacial score (nSPS) is 12.9. The van der Waals surface area contributed by atoms with Crippen LogP contribution in [0.4, 0.5) is 5.69 Å². The number of sulfonamides is 1. The number of carbonyl (C=O) groups excluding carboxylic acids is 2. The first-order valence-corrected chi connectivity index (χ1v) is 14.2. The minimum atomic E-state index is -3.93. The summed E-state index contributed by atoms with van der Waals surface area (Å²) in [5.74, 6) is -0.301. The van der Waals surface area contributed by atoms with Crippen LogP contribution >= 0.6 is 23.2 Å². The van der Waals surface area contributed by atoms with Crippen molar-refractivity contribution in [1.82, 2.24) is 10.2 Å². The number of nitrogens with one attached hydrogen (secondary N) is 1. The zero-order valence-electron chi connectivity index (χ0n) is 21.7. The number of nitrogens with zero attached hydrogens (tertiary/aromatic N) is 2. The Hall–Kier alpha value is -2.69. The van der Waals surface area contributed by atoms with Crippen molar-refractivity contribution < 1.29 is 27.5 Å². The van der Waals surface area contributed by atoms with E-state index in [2.05, 4.69) is 5.32 Å². The Bertz CT molecular complexity index is 1220. The van der Waals surface area contributed by atoms with Gasteiger partial charge < -0.3 is 19.7 Å². The minimum Gasteiger partial charge on any atom is -0.497 e. The van der Waals surface area contributed by atoms with Crippen molar-refractivity contribution in [2.75, 3.05) is 31.3 Å². The van der Waals surface area contributed by atoms with Gasteiger partial charge in [0.2, 0.25) is 21.8 Å². The molecule has 1 N–H and O–H groups in total. The first kappa shape index (κ1) is 30.5. The highest BCUT2D eigenvalue weighted by Crippen LogP contribution is 2.34. The average molecular weight is 575 g/mol. The Morgan fingerprint density at radius 2 is 1.70 bits per heavy atom.